The Balaban J connectivity index is 2.62. The zero-order chi connectivity index (χ0) is 13.5. The van der Waals surface area contributed by atoms with Crippen molar-refractivity contribution in [1.82, 2.24) is 4.90 Å². The lowest BCUT2D eigenvalue weighted by molar-refractivity contribution is -0.131. The average molecular weight is 248 g/mol. The number of anilines is 1. The summed E-state index contributed by atoms with van der Waals surface area (Å²) in [5.41, 5.74) is 7.69. The van der Waals surface area contributed by atoms with Crippen LogP contribution in [0.15, 0.2) is 24.3 Å². The Morgan fingerprint density at radius 2 is 2.00 bits per heavy atom. The molecule has 0 aliphatic heterocycles. The number of nitrogen functional groups attached to an aromatic ring is 1. The third kappa shape index (κ3) is 4.40. The molecule has 18 heavy (non-hydrogen) atoms. The van der Waals surface area contributed by atoms with Gasteiger partial charge in [0.25, 0.3) is 0 Å². The molecule has 1 aromatic rings. The van der Waals surface area contributed by atoms with E-state index < -0.39 is 0 Å². The number of hydrogen-bond acceptors (Lipinski definition) is 2. The average Bonchev–Trinajstić information content (AvgIpc) is 2.35. The molecule has 0 saturated heterocycles. The van der Waals surface area contributed by atoms with Crippen molar-refractivity contribution in [2.45, 2.75) is 40.2 Å². The number of para-hydroxylation sites is 1. The second-order valence-corrected chi connectivity index (χ2v) is 5.04. The largest absolute Gasteiger partial charge is 0.398 e. The fourth-order valence-corrected chi connectivity index (χ4v) is 1.83. The molecule has 0 atom stereocenters. The predicted octanol–water partition coefficient (Wildman–Crippen LogP) is 3.05. The van der Waals surface area contributed by atoms with Crippen LogP contribution in [0.3, 0.4) is 0 Å². The van der Waals surface area contributed by atoms with Crippen molar-refractivity contribution < 1.29 is 4.79 Å². The first-order valence-corrected chi connectivity index (χ1v) is 6.65. The number of carbonyl (C=O) groups excluding carboxylic acids is 1. The lowest BCUT2D eigenvalue weighted by Crippen LogP contribution is -2.30. The maximum atomic E-state index is 12.1. The zero-order valence-corrected chi connectivity index (χ0v) is 11.6. The number of rotatable bonds is 6. The highest BCUT2D eigenvalue weighted by molar-refractivity contribution is 5.76. The fourth-order valence-electron chi connectivity index (χ4n) is 1.83. The second kappa shape index (κ2) is 7.04. The molecule has 0 radical (unpaired) electrons. The van der Waals surface area contributed by atoms with Crippen LogP contribution >= 0.6 is 0 Å². The number of amides is 1. The number of carbonyl (C=O) groups is 1. The Labute approximate surface area is 110 Å². The molecule has 1 amide bonds. The maximum absolute atomic E-state index is 12.1. The van der Waals surface area contributed by atoms with Crippen molar-refractivity contribution in [3.63, 3.8) is 0 Å². The molecule has 3 nitrogen and oxygen atoms in total. The minimum atomic E-state index is 0.217. The number of nitrogens with zero attached hydrogens (tertiary/aromatic N) is 1. The lowest BCUT2D eigenvalue weighted by atomic mass is 10.1. The van der Waals surface area contributed by atoms with E-state index in [-0.39, 0.29) is 5.91 Å². The Hall–Kier alpha value is -1.51. The predicted molar refractivity (Wildman–Crippen MR) is 76.0 cm³/mol. The van der Waals surface area contributed by atoms with Crippen LogP contribution in [-0.4, -0.2) is 17.4 Å². The van der Waals surface area contributed by atoms with Gasteiger partial charge in [-0.1, -0.05) is 32.0 Å². The highest BCUT2D eigenvalue weighted by atomic mass is 16.2. The van der Waals surface area contributed by atoms with Crippen LogP contribution in [0, 0.1) is 5.92 Å². The quantitative estimate of drug-likeness (QED) is 0.786. The molecule has 0 heterocycles. The first kappa shape index (κ1) is 14.6. The molecule has 1 aromatic carbocycles. The van der Waals surface area contributed by atoms with Gasteiger partial charge in [0.1, 0.15) is 0 Å². The van der Waals surface area contributed by atoms with E-state index in [0.717, 1.165) is 24.2 Å². The van der Waals surface area contributed by atoms with Gasteiger partial charge in [-0.3, -0.25) is 4.79 Å². The minimum absolute atomic E-state index is 0.217. The standard InChI is InChI=1S/C15H24N2O/c1-4-17(15(18)10-9-12(2)3)11-13-7-5-6-8-14(13)16/h5-8,12H,4,9-11,16H2,1-3H3. The molecule has 0 spiro atoms. The maximum Gasteiger partial charge on any atom is 0.222 e. The van der Waals surface area contributed by atoms with Gasteiger partial charge in [-0.05, 0) is 30.9 Å². The second-order valence-electron chi connectivity index (χ2n) is 5.04. The molecule has 0 aromatic heterocycles. The van der Waals surface area contributed by atoms with Crippen LogP contribution in [0.4, 0.5) is 5.69 Å². The number of hydrogen-bond donors (Lipinski definition) is 1. The Kier molecular flexibility index (Phi) is 5.69. The highest BCUT2D eigenvalue weighted by Crippen LogP contribution is 2.15. The molecule has 0 aliphatic carbocycles. The van der Waals surface area contributed by atoms with Crippen LogP contribution in [0.25, 0.3) is 0 Å². The van der Waals surface area contributed by atoms with Crippen molar-refractivity contribution in [2.75, 3.05) is 12.3 Å². The van der Waals surface area contributed by atoms with Crippen LogP contribution in [0.1, 0.15) is 39.2 Å². The van der Waals surface area contributed by atoms with Gasteiger partial charge < -0.3 is 10.6 Å². The van der Waals surface area contributed by atoms with E-state index in [0.29, 0.717) is 18.9 Å². The van der Waals surface area contributed by atoms with Crippen LogP contribution in [0.5, 0.6) is 0 Å². The molecule has 0 bridgehead atoms. The molecule has 3 heteroatoms. The van der Waals surface area contributed by atoms with Gasteiger partial charge in [0.15, 0.2) is 0 Å². The number of nitrogens with two attached hydrogens (primary N) is 1. The minimum Gasteiger partial charge on any atom is -0.398 e. The van der Waals surface area contributed by atoms with E-state index in [2.05, 4.69) is 13.8 Å². The SMILES string of the molecule is CCN(Cc1ccccc1N)C(=O)CCC(C)C. The van der Waals surface area contributed by atoms with Gasteiger partial charge in [-0.15, -0.1) is 0 Å². The summed E-state index contributed by atoms with van der Waals surface area (Å²) in [4.78, 5) is 13.9. The topological polar surface area (TPSA) is 46.3 Å². The third-order valence-electron chi connectivity index (χ3n) is 3.09. The molecule has 100 valence electrons. The van der Waals surface area contributed by atoms with Gasteiger partial charge in [-0.2, -0.15) is 0 Å². The molecular formula is C15H24N2O. The van der Waals surface area contributed by atoms with Gasteiger partial charge >= 0.3 is 0 Å². The Bertz CT molecular complexity index is 388. The van der Waals surface area contributed by atoms with Crippen molar-refractivity contribution in [1.29, 1.82) is 0 Å². The molecule has 0 saturated carbocycles. The summed E-state index contributed by atoms with van der Waals surface area (Å²) in [5, 5.41) is 0. The summed E-state index contributed by atoms with van der Waals surface area (Å²) >= 11 is 0. The van der Waals surface area contributed by atoms with Crippen molar-refractivity contribution in [3.05, 3.63) is 29.8 Å². The van der Waals surface area contributed by atoms with Crippen molar-refractivity contribution in [2.24, 2.45) is 5.92 Å². The van der Waals surface area contributed by atoms with E-state index in [1.165, 1.54) is 0 Å². The Morgan fingerprint density at radius 1 is 1.33 bits per heavy atom. The monoisotopic (exact) mass is 248 g/mol. The van der Waals surface area contributed by atoms with E-state index >= 15 is 0 Å². The van der Waals surface area contributed by atoms with E-state index in [1.807, 2.05) is 36.1 Å². The van der Waals surface area contributed by atoms with Gasteiger partial charge in [-0.25, -0.2) is 0 Å². The smallest absolute Gasteiger partial charge is 0.222 e. The van der Waals surface area contributed by atoms with E-state index in [4.69, 9.17) is 5.73 Å². The summed E-state index contributed by atoms with van der Waals surface area (Å²) < 4.78 is 0. The van der Waals surface area contributed by atoms with Crippen molar-refractivity contribution in [3.8, 4) is 0 Å². The van der Waals surface area contributed by atoms with E-state index in [9.17, 15) is 4.79 Å². The molecule has 1 rings (SSSR count). The van der Waals surface area contributed by atoms with Crippen LogP contribution < -0.4 is 5.73 Å². The summed E-state index contributed by atoms with van der Waals surface area (Å²) in [5.74, 6) is 0.781. The van der Waals surface area contributed by atoms with Gasteiger partial charge in [0.2, 0.25) is 5.91 Å². The first-order valence-electron chi connectivity index (χ1n) is 6.65. The molecular weight excluding hydrogens is 224 g/mol. The van der Waals surface area contributed by atoms with Crippen LogP contribution in [0.2, 0.25) is 0 Å². The van der Waals surface area contributed by atoms with E-state index in [1.54, 1.807) is 0 Å². The van der Waals surface area contributed by atoms with Gasteiger partial charge in [0.05, 0.1) is 0 Å². The van der Waals surface area contributed by atoms with Gasteiger partial charge in [0, 0.05) is 25.2 Å². The summed E-state index contributed by atoms with van der Waals surface area (Å²) in [6.07, 6.45) is 1.57. The van der Waals surface area contributed by atoms with Crippen molar-refractivity contribution >= 4 is 11.6 Å². The third-order valence-corrected chi connectivity index (χ3v) is 3.09. The van der Waals surface area contributed by atoms with Crippen LogP contribution in [-0.2, 0) is 11.3 Å². The summed E-state index contributed by atoms with van der Waals surface area (Å²) in [6, 6.07) is 7.73. The first-order chi connectivity index (χ1) is 8.54. The zero-order valence-electron chi connectivity index (χ0n) is 11.6. The number of benzene rings is 1. The molecule has 2 N–H and O–H groups in total. The molecule has 0 unspecified atom stereocenters. The molecule has 0 aliphatic rings. The summed E-state index contributed by atoms with van der Waals surface area (Å²) in [7, 11) is 0. The normalized spacial score (nSPS) is 10.7. The Morgan fingerprint density at radius 3 is 2.56 bits per heavy atom. The fraction of sp³-hybridized carbons (Fsp3) is 0.533. The highest BCUT2D eigenvalue weighted by Gasteiger charge is 2.13. The lowest BCUT2D eigenvalue weighted by Gasteiger charge is -2.22. The summed E-state index contributed by atoms with van der Waals surface area (Å²) in [6.45, 7) is 7.62. The molecule has 0 fully saturated rings.